The first kappa shape index (κ1) is 14.6. The molecular weight excluding hydrogens is 278 g/mol. The summed E-state index contributed by atoms with van der Waals surface area (Å²) in [6.45, 7) is 2.76. The Labute approximate surface area is 129 Å². The van der Waals surface area contributed by atoms with Gasteiger partial charge < -0.3 is 9.67 Å². The molecule has 1 N–H and O–H groups in total. The Bertz CT molecular complexity index is 755. The molecule has 22 heavy (non-hydrogen) atoms. The topological polar surface area (TPSA) is 59.3 Å². The molecule has 1 saturated carbocycles. The van der Waals surface area contributed by atoms with Crippen molar-refractivity contribution in [2.75, 3.05) is 0 Å². The van der Waals surface area contributed by atoms with Gasteiger partial charge in [-0.2, -0.15) is 0 Å². The van der Waals surface area contributed by atoms with Crippen LogP contribution in [0.15, 0.2) is 41.5 Å². The van der Waals surface area contributed by atoms with Crippen molar-refractivity contribution in [3.63, 3.8) is 0 Å². The van der Waals surface area contributed by atoms with E-state index in [1.807, 2.05) is 35.8 Å². The van der Waals surface area contributed by atoms with Gasteiger partial charge in [-0.05, 0) is 31.2 Å². The third-order valence-corrected chi connectivity index (χ3v) is 4.37. The van der Waals surface area contributed by atoms with E-state index in [0.29, 0.717) is 11.5 Å². The van der Waals surface area contributed by atoms with E-state index in [9.17, 15) is 14.7 Å². The molecule has 1 fully saturated rings. The molecule has 0 atom stereocenters. The molecule has 1 aliphatic carbocycles. The van der Waals surface area contributed by atoms with E-state index in [-0.39, 0.29) is 5.56 Å². The highest BCUT2D eigenvalue weighted by molar-refractivity contribution is 5.88. The van der Waals surface area contributed by atoms with E-state index in [1.54, 1.807) is 6.20 Å². The highest BCUT2D eigenvalue weighted by atomic mass is 16.4. The SMILES string of the molecule is Cc1ccc(-c2cn(CC3CCC3)cc(C(=O)O)c2=O)cc1. The molecule has 0 amide bonds. The van der Waals surface area contributed by atoms with Crippen LogP contribution in [0.2, 0.25) is 0 Å². The Balaban J connectivity index is 2.08. The Kier molecular flexibility index (Phi) is 3.84. The third kappa shape index (κ3) is 2.82. The molecule has 3 rings (SSSR count). The van der Waals surface area contributed by atoms with Gasteiger partial charge in [-0.25, -0.2) is 4.79 Å². The zero-order valence-corrected chi connectivity index (χ0v) is 12.6. The molecule has 0 saturated heterocycles. The monoisotopic (exact) mass is 297 g/mol. The fourth-order valence-electron chi connectivity index (χ4n) is 2.80. The first-order chi connectivity index (χ1) is 10.5. The van der Waals surface area contributed by atoms with Crippen LogP contribution >= 0.6 is 0 Å². The number of carbonyl (C=O) groups is 1. The minimum absolute atomic E-state index is 0.155. The molecule has 1 aromatic carbocycles. The van der Waals surface area contributed by atoms with Crippen LogP contribution in [0, 0.1) is 12.8 Å². The lowest BCUT2D eigenvalue weighted by molar-refractivity contribution is 0.0694. The van der Waals surface area contributed by atoms with Crippen LogP contribution in [0.4, 0.5) is 0 Å². The number of nitrogens with zero attached hydrogens (tertiary/aromatic N) is 1. The van der Waals surface area contributed by atoms with Gasteiger partial charge in [0, 0.05) is 24.5 Å². The Morgan fingerprint density at radius 1 is 1.23 bits per heavy atom. The van der Waals surface area contributed by atoms with Crippen molar-refractivity contribution < 1.29 is 9.90 Å². The maximum Gasteiger partial charge on any atom is 0.341 e. The van der Waals surface area contributed by atoms with Gasteiger partial charge in [0.15, 0.2) is 0 Å². The summed E-state index contributed by atoms with van der Waals surface area (Å²) < 4.78 is 1.86. The van der Waals surface area contributed by atoms with Crippen LogP contribution in [-0.4, -0.2) is 15.6 Å². The smallest absolute Gasteiger partial charge is 0.341 e. The Morgan fingerprint density at radius 3 is 2.45 bits per heavy atom. The average Bonchev–Trinajstić information content (AvgIpc) is 2.45. The largest absolute Gasteiger partial charge is 0.477 e. The summed E-state index contributed by atoms with van der Waals surface area (Å²) in [5.74, 6) is -0.573. The summed E-state index contributed by atoms with van der Waals surface area (Å²) in [6, 6.07) is 7.59. The van der Waals surface area contributed by atoms with Crippen molar-refractivity contribution in [2.45, 2.75) is 32.7 Å². The lowest BCUT2D eigenvalue weighted by atomic mass is 9.85. The summed E-state index contributed by atoms with van der Waals surface area (Å²) in [5, 5.41) is 9.30. The fourth-order valence-corrected chi connectivity index (χ4v) is 2.80. The zero-order chi connectivity index (χ0) is 15.7. The summed E-state index contributed by atoms with van der Waals surface area (Å²) in [7, 11) is 0. The van der Waals surface area contributed by atoms with Gasteiger partial charge in [0.1, 0.15) is 5.56 Å². The van der Waals surface area contributed by atoms with Crippen molar-refractivity contribution >= 4 is 5.97 Å². The van der Waals surface area contributed by atoms with Gasteiger partial charge in [0.2, 0.25) is 5.43 Å². The van der Waals surface area contributed by atoms with Gasteiger partial charge >= 0.3 is 5.97 Å². The van der Waals surface area contributed by atoms with Crippen molar-refractivity contribution in [3.05, 3.63) is 58.0 Å². The summed E-state index contributed by atoms with van der Waals surface area (Å²) >= 11 is 0. The summed E-state index contributed by atoms with van der Waals surface area (Å²) in [5.41, 5.74) is 1.76. The molecule has 2 aromatic rings. The first-order valence-corrected chi connectivity index (χ1v) is 7.59. The normalized spacial score (nSPS) is 14.6. The summed E-state index contributed by atoms with van der Waals surface area (Å²) in [6.07, 6.45) is 6.85. The molecular formula is C18H19NO3. The number of rotatable bonds is 4. The molecule has 114 valence electrons. The molecule has 1 aliphatic rings. The number of carboxylic acids is 1. The number of pyridine rings is 1. The van der Waals surface area contributed by atoms with Gasteiger partial charge in [-0.15, -0.1) is 0 Å². The molecule has 0 unspecified atom stereocenters. The van der Waals surface area contributed by atoms with Crippen LogP contribution in [-0.2, 0) is 6.54 Å². The van der Waals surface area contributed by atoms with Crippen LogP contribution in [0.1, 0.15) is 35.2 Å². The van der Waals surface area contributed by atoms with Gasteiger partial charge in [-0.1, -0.05) is 36.2 Å². The predicted molar refractivity (Wildman–Crippen MR) is 85.2 cm³/mol. The molecule has 0 radical (unpaired) electrons. The minimum Gasteiger partial charge on any atom is -0.477 e. The quantitative estimate of drug-likeness (QED) is 0.941. The minimum atomic E-state index is -1.17. The van der Waals surface area contributed by atoms with Gasteiger partial charge in [-0.3, -0.25) is 4.79 Å². The number of aromatic nitrogens is 1. The number of hydrogen-bond acceptors (Lipinski definition) is 2. The third-order valence-electron chi connectivity index (χ3n) is 4.37. The fraction of sp³-hybridized carbons (Fsp3) is 0.333. The summed E-state index contributed by atoms with van der Waals surface area (Å²) in [4.78, 5) is 23.8. The molecule has 0 aliphatic heterocycles. The van der Waals surface area contributed by atoms with Crippen molar-refractivity contribution in [1.82, 2.24) is 4.57 Å². The lowest BCUT2D eigenvalue weighted by Crippen LogP contribution is -2.23. The number of aromatic carboxylic acids is 1. The van der Waals surface area contributed by atoms with Crippen LogP contribution in [0.3, 0.4) is 0 Å². The second-order valence-corrected chi connectivity index (χ2v) is 6.08. The Morgan fingerprint density at radius 2 is 1.91 bits per heavy atom. The average molecular weight is 297 g/mol. The molecule has 0 bridgehead atoms. The number of benzene rings is 1. The van der Waals surface area contributed by atoms with E-state index >= 15 is 0 Å². The molecule has 4 nitrogen and oxygen atoms in total. The second kappa shape index (κ2) is 5.79. The lowest BCUT2D eigenvalue weighted by Gasteiger charge is -2.26. The van der Waals surface area contributed by atoms with Crippen LogP contribution in [0.25, 0.3) is 11.1 Å². The second-order valence-electron chi connectivity index (χ2n) is 6.08. The van der Waals surface area contributed by atoms with E-state index in [1.165, 1.54) is 25.5 Å². The van der Waals surface area contributed by atoms with E-state index < -0.39 is 11.4 Å². The zero-order valence-electron chi connectivity index (χ0n) is 12.6. The molecule has 1 heterocycles. The highest BCUT2D eigenvalue weighted by Gasteiger charge is 2.20. The standard InChI is InChI=1S/C18H19NO3/c1-12-5-7-14(8-6-12)15-10-19(9-13-3-2-4-13)11-16(17(15)20)18(21)22/h5-8,10-11,13H,2-4,9H2,1H3,(H,21,22). The molecule has 1 aromatic heterocycles. The molecule has 0 spiro atoms. The van der Waals surface area contributed by atoms with E-state index in [0.717, 1.165) is 17.7 Å². The van der Waals surface area contributed by atoms with Crippen molar-refractivity contribution in [3.8, 4) is 11.1 Å². The predicted octanol–water partition coefficient (Wildman–Crippen LogP) is 3.32. The Hall–Kier alpha value is -2.36. The maximum absolute atomic E-state index is 12.4. The maximum atomic E-state index is 12.4. The number of hydrogen-bond donors (Lipinski definition) is 1. The number of aryl methyl sites for hydroxylation is 1. The van der Waals surface area contributed by atoms with E-state index in [4.69, 9.17) is 0 Å². The van der Waals surface area contributed by atoms with Gasteiger partial charge in [0.25, 0.3) is 0 Å². The number of carboxylic acid groups (broad SMARTS) is 1. The van der Waals surface area contributed by atoms with Crippen molar-refractivity contribution in [1.29, 1.82) is 0 Å². The van der Waals surface area contributed by atoms with Gasteiger partial charge in [0.05, 0.1) is 0 Å². The molecule has 4 heteroatoms. The van der Waals surface area contributed by atoms with Crippen LogP contribution in [0.5, 0.6) is 0 Å². The highest BCUT2D eigenvalue weighted by Crippen LogP contribution is 2.28. The van der Waals surface area contributed by atoms with Crippen LogP contribution < -0.4 is 5.43 Å². The first-order valence-electron chi connectivity index (χ1n) is 7.59. The van der Waals surface area contributed by atoms with E-state index in [2.05, 4.69) is 0 Å². The van der Waals surface area contributed by atoms with Crippen molar-refractivity contribution in [2.24, 2.45) is 5.92 Å².